The van der Waals surface area contributed by atoms with E-state index in [1.165, 1.54) is 11.5 Å². The normalized spacial score (nSPS) is 10.9. The first-order valence-electron chi connectivity index (χ1n) is 4.78. The molecule has 0 fully saturated rings. The number of rotatable bonds is 5. The third kappa shape index (κ3) is 3.16. The van der Waals surface area contributed by atoms with Crippen molar-refractivity contribution >= 4 is 46.4 Å². The minimum atomic E-state index is 0.879. The van der Waals surface area contributed by atoms with E-state index >= 15 is 0 Å². The Morgan fingerprint density at radius 3 is 2.62 bits per heavy atom. The molecule has 86 valence electrons. The molecular formula is C8H10N4S4. The van der Waals surface area contributed by atoms with Crippen LogP contribution in [-0.4, -0.2) is 25.3 Å². The van der Waals surface area contributed by atoms with Crippen molar-refractivity contribution in [3.63, 3.8) is 0 Å². The van der Waals surface area contributed by atoms with Gasteiger partial charge in [0.1, 0.15) is 5.82 Å². The summed E-state index contributed by atoms with van der Waals surface area (Å²) in [4.78, 5) is 4.38. The first kappa shape index (κ1) is 12.3. The molecule has 4 nitrogen and oxygen atoms in total. The van der Waals surface area contributed by atoms with Crippen LogP contribution in [0.1, 0.15) is 19.7 Å². The van der Waals surface area contributed by atoms with Gasteiger partial charge in [-0.05, 0) is 29.0 Å². The molecular weight excluding hydrogens is 280 g/mol. The Labute approximate surface area is 110 Å². The van der Waals surface area contributed by atoms with Crippen molar-refractivity contribution in [2.24, 2.45) is 0 Å². The third-order valence-electron chi connectivity index (χ3n) is 1.60. The highest BCUT2D eigenvalue weighted by Crippen LogP contribution is 2.34. The van der Waals surface area contributed by atoms with E-state index < -0.39 is 0 Å². The molecule has 0 aliphatic rings. The van der Waals surface area contributed by atoms with Gasteiger partial charge in [-0.1, -0.05) is 36.9 Å². The third-order valence-corrected chi connectivity index (χ3v) is 5.37. The van der Waals surface area contributed by atoms with E-state index in [1.54, 1.807) is 34.9 Å². The molecule has 0 radical (unpaired) electrons. The van der Waals surface area contributed by atoms with Gasteiger partial charge < -0.3 is 0 Å². The molecule has 0 aliphatic heterocycles. The number of aryl methyl sites for hydroxylation is 1. The zero-order chi connectivity index (χ0) is 11.4. The summed E-state index contributed by atoms with van der Waals surface area (Å²) in [5.74, 6) is 1.93. The van der Waals surface area contributed by atoms with Crippen LogP contribution in [0.25, 0.3) is 0 Å². The predicted octanol–water partition coefficient (Wildman–Crippen LogP) is 3.22. The van der Waals surface area contributed by atoms with Gasteiger partial charge in [0.15, 0.2) is 13.0 Å². The van der Waals surface area contributed by atoms with Crippen molar-refractivity contribution in [2.45, 2.75) is 33.3 Å². The van der Waals surface area contributed by atoms with Crippen LogP contribution < -0.4 is 0 Å². The number of nitrogens with zero attached hydrogens (tertiary/aromatic N) is 4. The average molecular weight is 290 g/mol. The Morgan fingerprint density at radius 2 is 1.94 bits per heavy atom. The minimum absolute atomic E-state index is 0.879. The van der Waals surface area contributed by atoms with Gasteiger partial charge in [0.05, 0.1) is 0 Å². The molecule has 0 spiro atoms. The second-order valence-corrected chi connectivity index (χ2v) is 7.43. The predicted molar refractivity (Wildman–Crippen MR) is 69.7 cm³/mol. The van der Waals surface area contributed by atoms with E-state index in [2.05, 4.69) is 33.4 Å². The summed E-state index contributed by atoms with van der Waals surface area (Å²) < 4.78 is 7.14. The fourth-order valence-corrected chi connectivity index (χ4v) is 4.74. The first-order valence-corrected chi connectivity index (χ1v) is 8.17. The molecule has 2 aromatic heterocycles. The van der Waals surface area contributed by atoms with Gasteiger partial charge >= 0.3 is 0 Å². The lowest BCUT2D eigenvalue weighted by atomic mass is 10.5. The fourth-order valence-electron chi connectivity index (χ4n) is 0.918. The second-order valence-electron chi connectivity index (χ2n) is 2.70. The smallest absolute Gasteiger partial charge is 0.182 e. The molecule has 0 amide bonds. The lowest BCUT2D eigenvalue weighted by molar-refractivity contribution is 0.949. The highest BCUT2D eigenvalue weighted by molar-refractivity contribution is 8.04. The van der Waals surface area contributed by atoms with Crippen molar-refractivity contribution in [2.75, 3.05) is 5.75 Å². The summed E-state index contributed by atoms with van der Waals surface area (Å²) >= 11 is 6.30. The molecule has 0 saturated carbocycles. The van der Waals surface area contributed by atoms with Gasteiger partial charge in [-0.3, -0.25) is 0 Å². The van der Waals surface area contributed by atoms with Crippen molar-refractivity contribution < 1.29 is 0 Å². The van der Waals surface area contributed by atoms with Crippen LogP contribution >= 0.6 is 46.4 Å². The molecule has 0 aliphatic carbocycles. The van der Waals surface area contributed by atoms with Crippen LogP contribution in [0.15, 0.2) is 13.0 Å². The lowest BCUT2D eigenvalue weighted by Crippen LogP contribution is -1.80. The summed E-state index contributed by atoms with van der Waals surface area (Å²) in [5, 5.41) is 8.21. The van der Waals surface area contributed by atoms with Crippen LogP contribution in [0.5, 0.6) is 0 Å². The van der Waals surface area contributed by atoms with E-state index in [4.69, 9.17) is 0 Å². The maximum atomic E-state index is 4.38. The van der Waals surface area contributed by atoms with E-state index in [0.29, 0.717) is 0 Å². The fraction of sp³-hybridized carbons (Fsp3) is 0.500. The molecule has 2 heterocycles. The van der Waals surface area contributed by atoms with Crippen molar-refractivity contribution in [3.8, 4) is 0 Å². The largest absolute Gasteiger partial charge is 0.213 e. The molecule has 0 saturated heterocycles. The Hall–Kier alpha value is -0.180. The second kappa shape index (κ2) is 5.95. The van der Waals surface area contributed by atoms with Crippen LogP contribution in [0, 0.1) is 0 Å². The Balaban J connectivity index is 2.02. The summed E-state index contributed by atoms with van der Waals surface area (Å²) in [6.45, 7) is 4.16. The SMILES string of the molecule is CCSc1nnc(Sc2nc(CC)ns2)s1. The van der Waals surface area contributed by atoms with E-state index in [1.807, 2.05) is 0 Å². The number of hydrogen-bond donors (Lipinski definition) is 0. The Morgan fingerprint density at radius 1 is 1.12 bits per heavy atom. The standard InChI is InChI=1S/C8H10N4S4/c1-3-5-9-6(16-12-5)14-8-11-10-7(15-8)13-4-2/h3-4H2,1-2H3. The molecule has 0 N–H and O–H groups in total. The molecule has 16 heavy (non-hydrogen) atoms. The van der Waals surface area contributed by atoms with Gasteiger partial charge in [0.25, 0.3) is 0 Å². The minimum Gasteiger partial charge on any atom is -0.213 e. The Bertz CT molecular complexity index is 452. The van der Waals surface area contributed by atoms with Gasteiger partial charge in [-0.25, -0.2) is 4.98 Å². The monoisotopic (exact) mass is 290 g/mol. The zero-order valence-electron chi connectivity index (χ0n) is 8.84. The molecule has 0 bridgehead atoms. The highest BCUT2D eigenvalue weighted by Gasteiger charge is 2.09. The topological polar surface area (TPSA) is 51.6 Å². The van der Waals surface area contributed by atoms with Gasteiger partial charge in [-0.15, -0.1) is 10.2 Å². The molecule has 2 aromatic rings. The van der Waals surface area contributed by atoms with Crippen molar-refractivity contribution in [1.29, 1.82) is 0 Å². The van der Waals surface area contributed by atoms with E-state index in [0.717, 1.165) is 31.0 Å². The summed E-state index contributed by atoms with van der Waals surface area (Å²) in [6, 6.07) is 0. The lowest BCUT2D eigenvalue weighted by Gasteiger charge is -1.87. The van der Waals surface area contributed by atoms with Gasteiger partial charge in [0, 0.05) is 6.42 Å². The number of thioether (sulfide) groups is 1. The average Bonchev–Trinajstić information content (AvgIpc) is 2.89. The molecule has 0 atom stereocenters. The molecule has 0 aromatic carbocycles. The summed E-state index contributed by atoms with van der Waals surface area (Å²) in [6.07, 6.45) is 0.879. The van der Waals surface area contributed by atoms with Crippen molar-refractivity contribution in [1.82, 2.24) is 19.6 Å². The molecule has 8 heteroatoms. The number of hydrogen-bond acceptors (Lipinski definition) is 8. The first-order chi connectivity index (χ1) is 7.81. The molecule has 2 rings (SSSR count). The van der Waals surface area contributed by atoms with Crippen LogP contribution in [0.2, 0.25) is 0 Å². The van der Waals surface area contributed by atoms with Crippen LogP contribution in [-0.2, 0) is 6.42 Å². The van der Waals surface area contributed by atoms with E-state index in [-0.39, 0.29) is 0 Å². The summed E-state index contributed by atoms with van der Waals surface area (Å²) in [5.41, 5.74) is 0. The van der Waals surface area contributed by atoms with Gasteiger partial charge in [0.2, 0.25) is 0 Å². The number of aromatic nitrogens is 4. The van der Waals surface area contributed by atoms with E-state index in [9.17, 15) is 0 Å². The highest BCUT2D eigenvalue weighted by atomic mass is 32.2. The summed E-state index contributed by atoms with van der Waals surface area (Å²) in [7, 11) is 0. The Kier molecular flexibility index (Phi) is 4.56. The molecule has 0 unspecified atom stereocenters. The quantitative estimate of drug-likeness (QED) is 0.788. The van der Waals surface area contributed by atoms with Crippen LogP contribution in [0.3, 0.4) is 0 Å². The van der Waals surface area contributed by atoms with Gasteiger partial charge in [-0.2, -0.15) is 4.37 Å². The maximum absolute atomic E-state index is 4.38. The van der Waals surface area contributed by atoms with Crippen molar-refractivity contribution in [3.05, 3.63) is 5.82 Å². The van der Waals surface area contributed by atoms with Crippen LogP contribution in [0.4, 0.5) is 0 Å². The zero-order valence-corrected chi connectivity index (χ0v) is 12.1. The maximum Gasteiger partial charge on any atom is 0.182 e.